The van der Waals surface area contributed by atoms with Crippen LogP contribution in [0, 0.1) is 23.7 Å². The van der Waals surface area contributed by atoms with Gasteiger partial charge in [-0.3, -0.25) is 0 Å². The molecule has 1 saturated carbocycles. The SMILES string of the molecule is NCCCN1C[C@@H]2[C@H](C1)[C@H]1C=C[C@@H]2C1. The predicted molar refractivity (Wildman–Crippen MR) is 57.8 cm³/mol. The van der Waals surface area contributed by atoms with E-state index < -0.39 is 0 Å². The minimum Gasteiger partial charge on any atom is -0.330 e. The summed E-state index contributed by atoms with van der Waals surface area (Å²) in [4.78, 5) is 2.63. The summed E-state index contributed by atoms with van der Waals surface area (Å²) >= 11 is 0. The molecule has 0 amide bonds. The van der Waals surface area contributed by atoms with E-state index in [2.05, 4.69) is 17.1 Å². The highest BCUT2D eigenvalue weighted by Crippen LogP contribution is 2.51. The van der Waals surface area contributed by atoms with E-state index in [9.17, 15) is 0 Å². The fourth-order valence-electron chi connectivity index (χ4n) is 3.74. The third-order valence-electron chi connectivity index (χ3n) is 4.42. The first kappa shape index (κ1) is 8.93. The zero-order chi connectivity index (χ0) is 9.54. The lowest BCUT2D eigenvalue weighted by Crippen LogP contribution is -2.25. The summed E-state index contributed by atoms with van der Waals surface area (Å²) in [5.74, 6) is 3.83. The lowest BCUT2D eigenvalue weighted by molar-refractivity contribution is 0.297. The van der Waals surface area contributed by atoms with Gasteiger partial charge in [-0.05, 0) is 49.6 Å². The van der Waals surface area contributed by atoms with Crippen LogP contribution in [-0.4, -0.2) is 31.1 Å². The molecule has 0 aromatic heterocycles. The zero-order valence-electron chi connectivity index (χ0n) is 8.73. The van der Waals surface area contributed by atoms with E-state index in [0.29, 0.717) is 0 Å². The van der Waals surface area contributed by atoms with Gasteiger partial charge in [0.1, 0.15) is 0 Å². The summed E-state index contributed by atoms with van der Waals surface area (Å²) in [5, 5.41) is 0. The Bertz CT molecular complexity index is 229. The van der Waals surface area contributed by atoms with Gasteiger partial charge in [-0.2, -0.15) is 0 Å². The van der Waals surface area contributed by atoms with Crippen LogP contribution in [0.4, 0.5) is 0 Å². The molecule has 0 spiro atoms. The van der Waals surface area contributed by atoms with Crippen molar-refractivity contribution >= 4 is 0 Å². The molecule has 3 aliphatic rings. The number of rotatable bonds is 3. The van der Waals surface area contributed by atoms with Crippen LogP contribution in [0.2, 0.25) is 0 Å². The fourth-order valence-corrected chi connectivity index (χ4v) is 3.74. The van der Waals surface area contributed by atoms with Gasteiger partial charge in [0.05, 0.1) is 0 Å². The maximum Gasteiger partial charge on any atom is 0.00188 e. The fraction of sp³-hybridized carbons (Fsp3) is 0.833. The summed E-state index contributed by atoms with van der Waals surface area (Å²) in [6.07, 6.45) is 7.57. The van der Waals surface area contributed by atoms with E-state index in [1.165, 1.54) is 32.5 Å². The van der Waals surface area contributed by atoms with Crippen molar-refractivity contribution in [3.63, 3.8) is 0 Å². The van der Waals surface area contributed by atoms with Gasteiger partial charge >= 0.3 is 0 Å². The maximum atomic E-state index is 5.55. The van der Waals surface area contributed by atoms with Crippen LogP contribution in [-0.2, 0) is 0 Å². The molecule has 4 atom stereocenters. The zero-order valence-corrected chi connectivity index (χ0v) is 8.73. The molecule has 2 heteroatoms. The molecule has 3 rings (SSSR count). The molecule has 2 N–H and O–H groups in total. The van der Waals surface area contributed by atoms with Gasteiger partial charge in [-0.1, -0.05) is 12.2 Å². The Balaban J connectivity index is 1.62. The number of nitrogens with two attached hydrogens (primary N) is 1. The van der Waals surface area contributed by atoms with Crippen LogP contribution in [0.25, 0.3) is 0 Å². The molecular formula is C12H20N2. The van der Waals surface area contributed by atoms with Crippen LogP contribution in [0.15, 0.2) is 12.2 Å². The second-order valence-electron chi connectivity index (χ2n) is 5.18. The van der Waals surface area contributed by atoms with E-state index in [-0.39, 0.29) is 0 Å². The summed E-state index contributed by atoms with van der Waals surface area (Å²) in [7, 11) is 0. The van der Waals surface area contributed by atoms with Crippen molar-refractivity contribution in [1.82, 2.24) is 4.90 Å². The first-order valence-electron chi connectivity index (χ1n) is 5.99. The van der Waals surface area contributed by atoms with E-state index in [1.807, 2.05) is 0 Å². The summed E-state index contributed by atoms with van der Waals surface area (Å²) in [6.45, 7) is 4.76. The Kier molecular flexibility index (Phi) is 2.14. The van der Waals surface area contributed by atoms with E-state index >= 15 is 0 Å². The second kappa shape index (κ2) is 3.35. The van der Waals surface area contributed by atoms with E-state index in [1.54, 1.807) is 0 Å². The molecular weight excluding hydrogens is 172 g/mol. The smallest absolute Gasteiger partial charge is 0.00188 e. The molecule has 78 valence electrons. The number of hydrogen-bond acceptors (Lipinski definition) is 2. The van der Waals surface area contributed by atoms with Crippen LogP contribution in [0.5, 0.6) is 0 Å². The molecule has 0 aromatic carbocycles. The molecule has 2 aliphatic carbocycles. The van der Waals surface area contributed by atoms with Gasteiger partial charge < -0.3 is 10.6 Å². The van der Waals surface area contributed by atoms with Crippen LogP contribution < -0.4 is 5.73 Å². The Hall–Kier alpha value is -0.340. The second-order valence-corrected chi connectivity index (χ2v) is 5.18. The molecule has 0 aromatic rings. The molecule has 1 saturated heterocycles. The summed E-state index contributed by atoms with van der Waals surface area (Å²) in [5.41, 5.74) is 5.55. The van der Waals surface area contributed by atoms with Crippen molar-refractivity contribution in [1.29, 1.82) is 0 Å². The van der Waals surface area contributed by atoms with Crippen LogP contribution in [0.1, 0.15) is 12.8 Å². The first-order valence-corrected chi connectivity index (χ1v) is 5.99. The molecule has 2 bridgehead atoms. The quantitative estimate of drug-likeness (QED) is 0.678. The van der Waals surface area contributed by atoms with Gasteiger partial charge in [0, 0.05) is 13.1 Å². The summed E-state index contributed by atoms with van der Waals surface area (Å²) < 4.78 is 0. The molecule has 1 aliphatic heterocycles. The van der Waals surface area contributed by atoms with Crippen molar-refractivity contribution in [2.45, 2.75) is 12.8 Å². The van der Waals surface area contributed by atoms with Gasteiger partial charge in [-0.25, -0.2) is 0 Å². The Morgan fingerprint density at radius 1 is 1.14 bits per heavy atom. The number of hydrogen-bond donors (Lipinski definition) is 1. The first-order chi connectivity index (χ1) is 6.88. The average Bonchev–Trinajstić information content (AvgIpc) is 2.85. The van der Waals surface area contributed by atoms with Crippen LogP contribution in [0.3, 0.4) is 0 Å². The van der Waals surface area contributed by atoms with Crippen molar-refractivity contribution in [2.75, 3.05) is 26.2 Å². The largest absolute Gasteiger partial charge is 0.330 e. The highest BCUT2D eigenvalue weighted by molar-refractivity contribution is 5.16. The highest BCUT2D eigenvalue weighted by Gasteiger charge is 2.48. The van der Waals surface area contributed by atoms with Crippen molar-refractivity contribution in [3.8, 4) is 0 Å². The van der Waals surface area contributed by atoms with E-state index in [4.69, 9.17) is 5.73 Å². The van der Waals surface area contributed by atoms with Crippen molar-refractivity contribution < 1.29 is 0 Å². The topological polar surface area (TPSA) is 29.3 Å². The van der Waals surface area contributed by atoms with Crippen molar-refractivity contribution in [3.05, 3.63) is 12.2 Å². The Morgan fingerprint density at radius 3 is 2.36 bits per heavy atom. The summed E-state index contributed by atoms with van der Waals surface area (Å²) in [6, 6.07) is 0. The van der Waals surface area contributed by atoms with Gasteiger partial charge in [-0.15, -0.1) is 0 Å². The minimum atomic E-state index is 0.844. The lowest BCUT2D eigenvalue weighted by Gasteiger charge is -2.17. The van der Waals surface area contributed by atoms with Crippen molar-refractivity contribution in [2.24, 2.45) is 29.4 Å². The van der Waals surface area contributed by atoms with E-state index in [0.717, 1.165) is 30.2 Å². The predicted octanol–water partition coefficient (Wildman–Crippen LogP) is 1.09. The van der Waals surface area contributed by atoms with Gasteiger partial charge in [0.2, 0.25) is 0 Å². The number of allylic oxidation sites excluding steroid dienone is 2. The number of fused-ring (bicyclic) bond motifs is 5. The molecule has 1 heterocycles. The normalized spacial score (nSPS) is 44.9. The minimum absolute atomic E-state index is 0.844. The molecule has 2 fully saturated rings. The lowest BCUT2D eigenvalue weighted by atomic mass is 9.86. The standard InChI is InChI=1S/C12H20N2/c13-4-1-5-14-7-11-9-2-3-10(6-9)12(11)8-14/h2-3,9-12H,1,4-8,13H2/t9-,10+,11+,12-. The molecule has 0 radical (unpaired) electrons. The Morgan fingerprint density at radius 2 is 1.79 bits per heavy atom. The maximum absolute atomic E-state index is 5.55. The Labute approximate surface area is 86.1 Å². The number of likely N-dealkylation sites (tertiary alicyclic amines) is 1. The average molecular weight is 192 g/mol. The molecule has 0 unspecified atom stereocenters. The van der Waals surface area contributed by atoms with Gasteiger partial charge in [0.25, 0.3) is 0 Å². The molecule has 2 nitrogen and oxygen atoms in total. The van der Waals surface area contributed by atoms with Crippen LogP contribution >= 0.6 is 0 Å². The van der Waals surface area contributed by atoms with Gasteiger partial charge in [0.15, 0.2) is 0 Å². The molecule has 14 heavy (non-hydrogen) atoms. The highest BCUT2D eigenvalue weighted by atomic mass is 15.2. The third kappa shape index (κ3) is 1.24. The number of nitrogens with zero attached hydrogens (tertiary/aromatic N) is 1. The third-order valence-corrected chi connectivity index (χ3v) is 4.42. The monoisotopic (exact) mass is 192 g/mol.